The highest BCUT2D eigenvalue weighted by atomic mass is 16.5. The number of methoxy groups -OCH3 is 1. The fraction of sp³-hybridized carbons (Fsp3) is 0.450. The third-order valence-electron chi connectivity index (χ3n) is 4.46. The topological polar surface area (TPSA) is 55.2 Å². The molecule has 0 atom stereocenters. The van der Waals surface area contributed by atoms with E-state index >= 15 is 0 Å². The summed E-state index contributed by atoms with van der Waals surface area (Å²) in [6.07, 6.45) is 0. The molecule has 1 aliphatic heterocycles. The Morgan fingerprint density at radius 3 is 2.46 bits per heavy atom. The molecule has 1 amide bonds. The second-order valence-electron chi connectivity index (χ2n) is 6.34. The van der Waals surface area contributed by atoms with Crippen molar-refractivity contribution in [2.45, 2.75) is 20.1 Å². The van der Waals surface area contributed by atoms with Gasteiger partial charge in [-0.25, -0.2) is 0 Å². The van der Waals surface area contributed by atoms with Gasteiger partial charge in [-0.15, -0.1) is 0 Å². The van der Waals surface area contributed by atoms with Crippen molar-refractivity contribution in [3.63, 3.8) is 0 Å². The highest BCUT2D eigenvalue weighted by molar-refractivity contribution is 5.91. The van der Waals surface area contributed by atoms with Gasteiger partial charge in [0.25, 0.3) is 5.91 Å². The van der Waals surface area contributed by atoms with Crippen LogP contribution in [0.2, 0.25) is 0 Å². The molecule has 140 valence electrons. The number of carbonyl (C=O) groups excluding carboxylic acids is 1. The van der Waals surface area contributed by atoms with Crippen molar-refractivity contribution >= 4 is 5.91 Å². The van der Waals surface area contributed by atoms with Crippen molar-refractivity contribution in [3.05, 3.63) is 53.5 Å². The van der Waals surface area contributed by atoms with Crippen LogP contribution in [-0.2, 0) is 17.9 Å². The van der Waals surface area contributed by atoms with Gasteiger partial charge in [0, 0.05) is 39.8 Å². The molecule has 2 heterocycles. The molecule has 2 aromatic rings. The van der Waals surface area contributed by atoms with E-state index in [0.717, 1.165) is 25.4 Å². The van der Waals surface area contributed by atoms with E-state index in [1.54, 1.807) is 19.2 Å². The molecule has 1 aromatic heterocycles. The van der Waals surface area contributed by atoms with Gasteiger partial charge in [-0.2, -0.15) is 0 Å². The van der Waals surface area contributed by atoms with Crippen molar-refractivity contribution in [1.29, 1.82) is 0 Å². The van der Waals surface area contributed by atoms with Crippen LogP contribution >= 0.6 is 0 Å². The minimum absolute atomic E-state index is 0.0481. The highest BCUT2D eigenvalue weighted by Crippen LogP contribution is 2.16. The molecule has 6 heteroatoms. The standard InChI is InChI=1S/C20H26N2O4/c1-3-25-17-6-4-16(5-7-17)14-21-10-12-22(13-11-21)20(23)19-9-8-18(26-19)15-24-2/h4-9H,3,10-15H2,1-2H3. The van der Waals surface area contributed by atoms with Gasteiger partial charge in [-0.3, -0.25) is 9.69 Å². The first-order valence-electron chi connectivity index (χ1n) is 9.00. The average molecular weight is 358 g/mol. The molecular weight excluding hydrogens is 332 g/mol. The molecule has 26 heavy (non-hydrogen) atoms. The quantitative estimate of drug-likeness (QED) is 0.762. The Morgan fingerprint density at radius 1 is 1.08 bits per heavy atom. The fourth-order valence-electron chi connectivity index (χ4n) is 3.09. The number of furan rings is 1. The van der Waals surface area contributed by atoms with Crippen LogP contribution in [0.25, 0.3) is 0 Å². The van der Waals surface area contributed by atoms with Crippen LogP contribution in [0.5, 0.6) is 5.75 Å². The van der Waals surface area contributed by atoms with Gasteiger partial charge < -0.3 is 18.8 Å². The number of piperazine rings is 1. The summed E-state index contributed by atoms with van der Waals surface area (Å²) in [6.45, 7) is 7.03. The zero-order valence-corrected chi connectivity index (χ0v) is 15.4. The predicted molar refractivity (Wildman–Crippen MR) is 98.2 cm³/mol. The van der Waals surface area contributed by atoms with E-state index in [1.807, 2.05) is 24.0 Å². The Bertz CT molecular complexity index is 703. The van der Waals surface area contributed by atoms with Gasteiger partial charge in [0.15, 0.2) is 5.76 Å². The third kappa shape index (κ3) is 4.65. The van der Waals surface area contributed by atoms with Gasteiger partial charge >= 0.3 is 0 Å². The molecular formula is C20H26N2O4. The summed E-state index contributed by atoms with van der Waals surface area (Å²) in [5.74, 6) is 1.91. The molecule has 1 saturated heterocycles. The fourth-order valence-corrected chi connectivity index (χ4v) is 3.09. The Balaban J connectivity index is 1.49. The van der Waals surface area contributed by atoms with Crippen molar-refractivity contribution in [1.82, 2.24) is 9.80 Å². The predicted octanol–water partition coefficient (Wildman–Crippen LogP) is 2.78. The maximum Gasteiger partial charge on any atom is 0.289 e. The van der Waals surface area contributed by atoms with Crippen LogP contribution in [-0.4, -0.2) is 55.6 Å². The van der Waals surface area contributed by atoms with Gasteiger partial charge in [-0.1, -0.05) is 12.1 Å². The molecule has 0 spiro atoms. The Hall–Kier alpha value is -2.31. The summed E-state index contributed by atoms with van der Waals surface area (Å²) in [6, 6.07) is 11.7. The van der Waals surface area contributed by atoms with Crippen LogP contribution in [0.1, 0.15) is 28.8 Å². The maximum absolute atomic E-state index is 12.5. The molecule has 0 aliphatic carbocycles. The monoisotopic (exact) mass is 358 g/mol. The second kappa shape index (κ2) is 8.87. The number of hydrogen-bond acceptors (Lipinski definition) is 5. The minimum atomic E-state index is -0.0481. The first-order chi connectivity index (χ1) is 12.7. The lowest BCUT2D eigenvalue weighted by atomic mass is 10.2. The normalized spacial score (nSPS) is 15.2. The van der Waals surface area contributed by atoms with Crippen LogP contribution < -0.4 is 4.74 Å². The van der Waals surface area contributed by atoms with Crippen LogP contribution in [0.4, 0.5) is 0 Å². The maximum atomic E-state index is 12.5. The van der Waals surface area contributed by atoms with Crippen LogP contribution in [0, 0.1) is 0 Å². The largest absolute Gasteiger partial charge is 0.494 e. The van der Waals surface area contributed by atoms with Gasteiger partial charge in [-0.05, 0) is 36.8 Å². The van der Waals surface area contributed by atoms with Gasteiger partial charge in [0.2, 0.25) is 0 Å². The van der Waals surface area contributed by atoms with Gasteiger partial charge in [0.05, 0.1) is 6.61 Å². The summed E-state index contributed by atoms with van der Waals surface area (Å²) in [5.41, 5.74) is 1.25. The van der Waals surface area contributed by atoms with E-state index in [9.17, 15) is 4.79 Å². The zero-order valence-electron chi connectivity index (χ0n) is 15.4. The number of carbonyl (C=O) groups is 1. The SMILES string of the molecule is CCOc1ccc(CN2CCN(C(=O)c3ccc(COC)o3)CC2)cc1. The van der Waals surface area contributed by atoms with Crippen molar-refractivity contribution in [2.75, 3.05) is 39.9 Å². The van der Waals surface area contributed by atoms with Crippen molar-refractivity contribution in [3.8, 4) is 5.75 Å². The lowest BCUT2D eigenvalue weighted by Crippen LogP contribution is -2.48. The molecule has 1 aromatic carbocycles. The van der Waals surface area contributed by atoms with Crippen LogP contribution in [0.3, 0.4) is 0 Å². The lowest BCUT2D eigenvalue weighted by molar-refractivity contribution is 0.0591. The summed E-state index contributed by atoms with van der Waals surface area (Å²) in [7, 11) is 1.60. The molecule has 0 N–H and O–H groups in total. The summed E-state index contributed by atoms with van der Waals surface area (Å²) < 4.78 is 16.1. The molecule has 6 nitrogen and oxygen atoms in total. The first-order valence-corrected chi connectivity index (χ1v) is 9.00. The minimum Gasteiger partial charge on any atom is -0.494 e. The summed E-state index contributed by atoms with van der Waals surface area (Å²) in [4.78, 5) is 16.8. The Labute approximate surface area is 154 Å². The van der Waals surface area contributed by atoms with E-state index in [1.165, 1.54) is 5.56 Å². The van der Waals surface area contributed by atoms with Crippen LogP contribution in [0.15, 0.2) is 40.8 Å². The second-order valence-corrected chi connectivity index (χ2v) is 6.34. The lowest BCUT2D eigenvalue weighted by Gasteiger charge is -2.34. The number of rotatable bonds is 7. The summed E-state index contributed by atoms with van der Waals surface area (Å²) in [5, 5.41) is 0. The molecule has 1 aliphatic rings. The first kappa shape index (κ1) is 18.5. The average Bonchev–Trinajstić information content (AvgIpc) is 3.13. The summed E-state index contributed by atoms with van der Waals surface area (Å²) >= 11 is 0. The van der Waals surface area contributed by atoms with E-state index in [0.29, 0.717) is 37.8 Å². The van der Waals surface area contributed by atoms with Crippen molar-refractivity contribution < 1.29 is 18.7 Å². The number of hydrogen-bond donors (Lipinski definition) is 0. The molecule has 0 bridgehead atoms. The Kier molecular flexibility index (Phi) is 6.30. The number of ether oxygens (including phenoxy) is 2. The zero-order chi connectivity index (χ0) is 18.4. The molecule has 0 unspecified atom stereocenters. The Morgan fingerprint density at radius 2 is 1.81 bits per heavy atom. The number of benzene rings is 1. The number of nitrogens with zero attached hydrogens (tertiary/aromatic N) is 2. The number of amides is 1. The molecule has 3 rings (SSSR count). The smallest absolute Gasteiger partial charge is 0.289 e. The molecule has 0 radical (unpaired) electrons. The van der Waals surface area contributed by atoms with Crippen molar-refractivity contribution in [2.24, 2.45) is 0 Å². The van der Waals surface area contributed by atoms with E-state index < -0.39 is 0 Å². The van der Waals surface area contributed by atoms with E-state index in [-0.39, 0.29) is 5.91 Å². The molecule has 0 saturated carbocycles. The molecule has 1 fully saturated rings. The van der Waals surface area contributed by atoms with E-state index in [2.05, 4.69) is 17.0 Å². The van der Waals surface area contributed by atoms with E-state index in [4.69, 9.17) is 13.9 Å². The highest BCUT2D eigenvalue weighted by Gasteiger charge is 2.24. The van der Waals surface area contributed by atoms with Gasteiger partial charge in [0.1, 0.15) is 18.1 Å². The third-order valence-corrected chi connectivity index (χ3v) is 4.46.